The minimum Gasteiger partial charge on any atom is -0.490 e. The summed E-state index contributed by atoms with van der Waals surface area (Å²) in [6.07, 6.45) is 3.35. The van der Waals surface area contributed by atoms with Crippen molar-refractivity contribution >= 4 is 49.3 Å². The Bertz CT molecular complexity index is 1220. The Hall–Kier alpha value is -2.95. The van der Waals surface area contributed by atoms with Crippen molar-refractivity contribution in [2.24, 2.45) is 10.2 Å². The minimum absolute atomic E-state index is 0.0450. The number of hydrogen-bond donors (Lipinski definition) is 1. The van der Waals surface area contributed by atoms with Crippen LogP contribution in [0, 0.1) is 0 Å². The molecule has 0 radical (unpaired) electrons. The molecule has 0 spiro atoms. The molecule has 10 heteroatoms. The van der Waals surface area contributed by atoms with E-state index < -0.39 is 10.0 Å². The van der Waals surface area contributed by atoms with E-state index in [-0.39, 0.29) is 10.8 Å². The van der Waals surface area contributed by atoms with E-state index in [1.807, 2.05) is 13.0 Å². The highest BCUT2D eigenvalue weighted by Gasteiger charge is 2.29. The number of amides is 1. The molecule has 0 saturated heterocycles. The summed E-state index contributed by atoms with van der Waals surface area (Å²) in [5, 5.41) is 10.7. The van der Waals surface area contributed by atoms with Crippen LogP contribution in [0.3, 0.4) is 0 Å². The van der Waals surface area contributed by atoms with Crippen LogP contribution in [0.5, 0.6) is 11.5 Å². The lowest BCUT2D eigenvalue weighted by Gasteiger charge is -2.14. The largest absolute Gasteiger partial charge is 0.490 e. The number of nitrogens with zero attached hydrogens (tertiary/aromatic N) is 2. The molecule has 1 amide bonds. The first-order chi connectivity index (χ1) is 15.2. The SMILES string of the molecule is C=CCOc1c(Br)cc(/C=C2\C(=O)N(c3ccc(S(N)(=O)=O)cc3)N=C2C)cc1OCC. The zero-order chi connectivity index (χ0) is 23.5. The molecule has 3 rings (SSSR count). The highest BCUT2D eigenvalue weighted by molar-refractivity contribution is 9.10. The molecule has 1 heterocycles. The lowest BCUT2D eigenvalue weighted by Crippen LogP contribution is -2.21. The van der Waals surface area contributed by atoms with E-state index in [1.165, 1.54) is 29.3 Å². The third-order valence-corrected chi connectivity index (χ3v) is 5.98. The Morgan fingerprint density at radius 1 is 1.22 bits per heavy atom. The molecule has 168 valence electrons. The number of halogens is 1. The van der Waals surface area contributed by atoms with Gasteiger partial charge in [-0.1, -0.05) is 12.7 Å². The molecule has 2 aromatic rings. The summed E-state index contributed by atoms with van der Waals surface area (Å²) in [5.74, 6) is 0.742. The van der Waals surface area contributed by atoms with Crippen LogP contribution in [0.25, 0.3) is 6.08 Å². The first-order valence-electron chi connectivity index (χ1n) is 9.60. The fraction of sp³-hybridized carbons (Fsp3) is 0.182. The molecule has 8 nitrogen and oxygen atoms in total. The number of rotatable bonds is 8. The highest BCUT2D eigenvalue weighted by Crippen LogP contribution is 2.38. The van der Waals surface area contributed by atoms with Gasteiger partial charge < -0.3 is 9.47 Å². The normalized spacial score (nSPS) is 15.1. The molecule has 32 heavy (non-hydrogen) atoms. The van der Waals surface area contributed by atoms with E-state index in [0.717, 1.165) is 5.56 Å². The molecule has 0 fully saturated rings. The number of carbonyl (C=O) groups is 1. The molecule has 0 atom stereocenters. The van der Waals surface area contributed by atoms with E-state index >= 15 is 0 Å². The molecular formula is C22H22BrN3O5S. The maximum Gasteiger partial charge on any atom is 0.280 e. The fourth-order valence-corrected chi connectivity index (χ4v) is 4.11. The molecule has 0 unspecified atom stereocenters. The summed E-state index contributed by atoms with van der Waals surface area (Å²) in [6, 6.07) is 9.22. The Morgan fingerprint density at radius 3 is 2.50 bits per heavy atom. The van der Waals surface area contributed by atoms with Crippen molar-refractivity contribution < 1.29 is 22.7 Å². The minimum atomic E-state index is -3.82. The smallest absolute Gasteiger partial charge is 0.280 e. The molecule has 0 saturated carbocycles. The molecule has 0 aromatic heterocycles. The van der Waals surface area contributed by atoms with Crippen LogP contribution in [-0.2, 0) is 14.8 Å². The molecule has 2 N–H and O–H groups in total. The second-order valence-corrected chi connectivity index (χ2v) is 9.18. The fourth-order valence-electron chi connectivity index (χ4n) is 3.02. The first kappa shape index (κ1) is 23.7. The summed E-state index contributed by atoms with van der Waals surface area (Å²) in [6.45, 7) is 8.01. The predicted octanol–water partition coefficient (Wildman–Crippen LogP) is 3.87. The van der Waals surface area contributed by atoms with Gasteiger partial charge in [-0.2, -0.15) is 10.1 Å². The van der Waals surface area contributed by atoms with Crippen LogP contribution in [-0.4, -0.2) is 33.3 Å². The van der Waals surface area contributed by atoms with Crippen molar-refractivity contribution in [3.63, 3.8) is 0 Å². The molecule has 2 aromatic carbocycles. The van der Waals surface area contributed by atoms with E-state index in [9.17, 15) is 13.2 Å². The summed E-state index contributed by atoms with van der Waals surface area (Å²) >= 11 is 3.50. The van der Waals surface area contributed by atoms with Gasteiger partial charge in [0.2, 0.25) is 10.0 Å². The van der Waals surface area contributed by atoms with Crippen LogP contribution in [0.2, 0.25) is 0 Å². The zero-order valence-corrected chi connectivity index (χ0v) is 19.9. The third kappa shape index (κ3) is 5.09. The number of ether oxygens (including phenoxy) is 2. The van der Waals surface area contributed by atoms with Gasteiger partial charge in [0.15, 0.2) is 11.5 Å². The number of nitrogens with two attached hydrogens (primary N) is 1. The predicted molar refractivity (Wildman–Crippen MR) is 127 cm³/mol. The molecular weight excluding hydrogens is 498 g/mol. The van der Waals surface area contributed by atoms with Crippen LogP contribution >= 0.6 is 15.9 Å². The molecule has 1 aliphatic heterocycles. The number of primary sulfonamides is 1. The summed E-state index contributed by atoms with van der Waals surface area (Å²) in [4.78, 5) is 13.0. The van der Waals surface area contributed by atoms with Crippen molar-refractivity contribution in [3.05, 3.63) is 64.7 Å². The van der Waals surface area contributed by atoms with Crippen LogP contribution in [0.4, 0.5) is 5.69 Å². The van der Waals surface area contributed by atoms with Crippen LogP contribution < -0.4 is 19.6 Å². The van der Waals surface area contributed by atoms with E-state index in [4.69, 9.17) is 14.6 Å². The van der Waals surface area contributed by atoms with Gasteiger partial charge in [-0.25, -0.2) is 13.6 Å². The van der Waals surface area contributed by atoms with Crippen molar-refractivity contribution in [1.82, 2.24) is 0 Å². The number of anilines is 1. The van der Waals surface area contributed by atoms with Gasteiger partial charge in [0.1, 0.15) is 6.61 Å². The highest BCUT2D eigenvalue weighted by atomic mass is 79.9. The molecule has 1 aliphatic rings. The van der Waals surface area contributed by atoms with Crippen molar-refractivity contribution in [2.45, 2.75) is 18.7 Å². The maximum absolute atomic E-state index is 13.0. The standard InChI is InChI=1S/C22H22BrN3O5S/c1-4-10-31-21-19(23)12-15(13-20(21)30-5-2)11-18-14(3)25-26(22(18)27)16-6-8-17(9-7-16)32(24,28)29/h4,6-9,11-13H,1,5,10H2,2-3H3,(H2,24,28,29)/b18-11-. The van der Waals surface area contributed by atoms with E-state index in [1.54, 1.807) is 25.1 Å². The quantitative estimate of drug-likeness (QED) is 0.420. The summed E-state index contributed by atoms with van der Waals surface area (Å²) in [7, 11) is -3.82. The van der Waals surface area contributed by atoms with Crippen LogP contribution in [0.1, 0.15) is 19.4 Å². The van der Waals surface area contributed by atoms with Gasteiger partial charge in [0, 0.05) is 0 Å². The Morgan fingerprint density at radius 2 is 1.91 bits per heavy atom. The van der Waals surface area contributed by atoms with Gasteiger partial charge in [-0.15, -0.1) is 0 Å². The Labute approximate surface area is 195 Å². The average Bonchev–Trinajstić information content (AvgIpc) is 3.01. The van der Waals surface area contributed by atoms with Crippen LogP contribution in [0.15, 0.2) is 69.1 Å². The Kier molecular flexibility index (Phi) is 7.17. The van der Waals surface area contributed by atoms with Crippen molar-refractivity contribution in [3.8, 4) is 11.5 Å². The van der Waals surface area contributed by atoms with E-state index in [2.05, 4.69) is 27.6 Å². The van der Waals surface area contributed by atoms with Crippen molar-refractivity contribution in [1.29, 1.82) is 0 Å². The number of hydrazone groups is 1. The zero-order valence-electron chi connectivity index (χ0n) is 17.5. The second kappa shape index (κ2) is 9.68. The topological polar surface area (TPSA) is 111 Å². The van der Waals surface area contributed by atoms with Crippen molar-refractivity contribution in [2.75, 3.05) is 18.2 Å². The van der Waals surface area contributed by atoms with Gasteiger partial charge in [-0.05, 0) is 77.8 Å². The number of hydrogen-bond acceptors (Lipinski definition) is 6. The second-order valence-electron chi connectivity index (χ2n) is 6.76. The average molecular weight is 520 g/mol. The Balaban J connectivity index is 1.93. The van der Waals surface area contributed by atoms with Gasteiger partial charge in [0.25, 0.3) is 5.91 Å². The number of sulfonamides is 1. The van der Waals surface area contributed by atoms with Gasteiger partial charge in [-0.3, -0.25) is 4.79 Å². The maximum atomic E-state index is 13.0. The first-order valence-corrected chi connectivity index (χ1v) is 11.9. The number of carbonyl (C=O) groups excluding carboxylic acids is 1. The third-order valence-electron chi connectivity index (χ3n) is 4.46. The lowest BCUT2D eigenvalue weighted by molar-refractivity contribution is -0.114. The van der Waals surface area contributed by atoms with Gasteiger partial charge in [0.05, 0.1) is 32.9 Å². The molecule has 0 aliphatic carbocycles. The monoisotopic (exact) mass is 519 g/mol. The number of benzene rings is 2. The summed E-state index contributed by atoms with van der Waals surface area (Å²) in [5.41, 5.74) is 2.06. The lowest BCUT2D eigenvalue weighted by atomic mass is 10.1. The summed E-state index contributed by atoms with van der Waals surface area (Å²) < 4.78 is 35.0. The van der Waals surface area contributed by atoms with E-state index in [0.29, 0.717) is 46.2 Å². The molecule has 0 bridgehead atoms. The van der Waals surface area contributed by atoms with Gasteiger partial charge >= 0.3 is 0 Å².